The molecule has 9 heteroatoms. The molecule has 1 unspecified atom stereocenters. The largest absolute Gasteiger partial charge is 0.425 e. The molecule has 0 bridgehead atoms. The molecule has 0 spiro atoms. The smallest absolute Gasteiger partial charge is 0.382 e. The van der Waals surface area contributed by atoms with Crippen molar-refractivity contribution in [1.82, 2.24) is 14.9 Å². The first-order valence-electron chi connectivity index (χ1n) is 6.83. The molecular formula is C13H20F3N3O3. The quantitative estimate of drug-likeness (QED) is 0.703. The van der Waals surface area contributed by atoms with Gasteiger partial charge in [0.1, 0.15) is 0 Å². The van der Waals surface area contributed by atoms with Crippen molar-refractivity contribution in [2.75, 3.05) is 19.8 Å². The van der Waals surface area contributed by atoms with Crippen LogP contribution in [0.2, 0.25) is 0 Å². The number of rotatable bonds is 8. The number of hydrogen-bond donors (Lipinski definition) is 2. The monoisotopic (exact) mass is 323 g/mol. The number of alkyl halides is 3. The molecule has 1 rings (SSSR count). The first-order chi connectivity index (χ1) is 10.2. The highest BCUT2D eigenvalue weighted by atomic mass is 19.4. The lowest BCUT2D eigenvalue weighted by molar-refractivity contribution is -0.271. The molecule has 1 amide bonds. The van der Waals surface area contributed by atoms with Gasteiger partial charge in [-0.2, -0.15) is 13.2 Å². The average molecular weight is 323 g/mol. The van der Waals surface area contributed by atoms with Gasteiger partial charge in [-0.15, -0.1) is 0 Å². The summed E-state index contributed by atoms with van der Waals surface area (Å²) in [6.45, 7) is 2.92. The maximum absolute atomic E-state index is 13.2. The fourth-order valence-corrected chi connectivity index (χ4v) is 1.91. The van der Waals surface area contributed by atoms with Crippen molar-refractivity contribution in [2.24, 2.45) is 7.05 Å². The molecule has 0 aliphatic rings. The average Bonchev–Trinajstić information content (AvgIpc) is 2.83. The zero-order valence-electron chi connectivity index (χ0n) is 12.5. The van der Waals surface area contributed by atoms with Gasteiger partial charge in [-0.25, -0.2) is 4.98 Å². The lowest BCUT2D eigenvalue weighted by atomic mass is 9.97. The molecule has 0 aliphatic carbocycles. The zero-order chi connectivity index (χ0) is 16.8. The molecule has 0 aromatic carbocycles. The van der Waals surface area contributed by atoms with Crippen LogP contribution in [0.1, 0.15) is 25.6 Å². The molecule has 1 aromatic heterocycles. The van der Waals surface area contributed by atoms with Crippen molar-refractivity contribution in [1.29, 1.82) is 0 Å². The second-order valence-electron chi connectivity index (χ2n) is 4.80. The maximum atomic E-state index is 13.2. The van der Waals surface area contributed by atoms with Gasteiger partial charge in [0, 0.05) is 39.2 Å². The molecule has 1 aromatic rings. The Hall–Kier alpha value is -1.61. The van der Waals surface area contributed by atoms with Crippen molar-refractivity contribution in [3.05, 3.63) is 18.2 Å². The van der Waals surface area contributed by atoms with E-state index in [9.17, 15) is 23.1 Å². The predicted octanol–water partition coefficient (Wildman–Crippen LogP) is 1.10. The summed E-state index contributed by atoms with van der Waals surface area (Å²) in [6.07, 6.45) is -3.28. The van der Waals surface area contributed by atoms with E-state index >= 15 is 0 Å². The lowest BCUT2D eigenvalue weighted by Gasteiger charge is -2.29. The third-order valence-corrected chi connectivity index (χ3v) is 3.07. The number of nitrogens with zero attached hydrogens (tertiary/aromatic N) is 2. The van der Waals surface area contributed by atoms with Crippen LogP contribution in [-0.2, 0) is 22.2 Å². The number of hydrogen-bond acceptors (Lipinski definition) is 4. The summed E-state index contributed by atoms with van der Waals surface area (Å²) in [6, 6.07) is 0. The Bertz CT molecular complexity index is 490. The Kier molecular flexibility index (Phi) is 6.36. The van der Waals surface area contributed by atoms with Gasteiger partial charge in [-0.3, -0.25) is 4.79 Å². The van der Waals surface area contributed by atoms with E-state index in [1.54, 1.807) is 0 Å². The number of nitrogens with one attached hydrogen (secondary N) is 1. The number of carbonyl (C=O) groups excluding carboxylic acids is 1. The van der Waals surface area contributed by atoms with Gasteiger partial charge in [0.2, 0.25) is 11.5 Å². The molecule has 0 saturated heterocycles. The van der Waals surface area contributed by atoms with E-state index in [1.165, 1.54) is 13.2 Å². The molecule has 0 radical (unpaired) electrons. The van der Waals surface area contributed by atoms with Crippen molar-refractivity contribution >= 4 is 5.91 Å². The summed E-state index contributed by atoms with van der Waals surface area (Å²) in [5.74, 6) is -1.52. The number of aryl methyl sites for hydroxylation is 1. The second-order valence-corrected chi connectivity index (χ2v) is 4.80. The standard InChI is InChI=1S/C13H20F3N3O3/c1-3-22-8-4-5-17-10(20)9-12(21,13(14,15)16)11-18-6-7-19(11)2/h6-7,21H,3-5,8-9H2,1-2H3,(H,17,20). The Morgan fingerprint density at radius 1 is 1.50 bits per heavy atom. The van der Waals surface area contributed by atoms with Crippen LogP contribution in [0.5, 0.6) is 0 Å². The van der Waals surface area contributed by atoms with E-state index in [1.807, 2.05) is 6.92 Å². The fraction of sp³-hybridized carbons (Fsp3) is 0.692. The van der Waals surface area contributed by atoms with E-state index in [-0.39, 0.29) is 6.54 Å². The molecule has 0 aliphatic heterocycles. The van der Waals surface area contributed by atoms with Crippen molar-refractivity contribution < 1.29 is 27.8 Å². The van der Waals surface area contributed by atoms with Crippen LogP contribution in [0, 0.1) is 0 Å². The van der Waals surface area contributed by atoms with Gasteiger partial charge in [-0.1, -0.05) is 0 Å². The number of aromatic nitrogens is 2. The Labute approximate surface area is 126 Å². The summed E-state index contributed by atoms with van der Waals surface area (Å²) < 4.78 is 45.7. The van der Waals surface area contributed by atoms with E-state index in [4.69, 9.17) is 4.74 Å². The molecule has 0 saturated carbocycles. The highest BCUT2D eigenvalue weighted by Crippen LogP contribution is 2.40. The van der Waals surface area contributed by atoms with E-state index in [2.05, 4.69) is 10.3 Å². The van der Waals surface area contributed by atoms with Crippen molar-refractivity contribution in [3.63, 3.8) is 0 Å². The molecule has 6 nitrogen and oxygen atoms in total. The molecule has 126 valence electrons. The summed E-state index contributed by atoms with van der Waals surface area (Å²) in [7, 11) is 1.32. The molecule has 2 N–H and O–H groups in total. The molecule has 1 atom stereocenters. The molecular weight excluding hydrogens is 303 g/mol. The number of amides is 1. The third kappa shape index (κ3) is 4.44. The van der Waals surface area contributed by atoms with Gasteiger partial charge < -0.3 is 19.7 Å². The fourth-order valence-electron chi connectivity index (χ4n) is 1.91. The number of carbonyl (C=O) groups is 1. The van der Waals surface area contributed by atoms with Gasteiger partial charge in [0.05, 0.1) is 6.42 Å². The minimum atomic E-state index is -5.02. The first kappa shape index (κ1) is 18.4. The van der Waals surface area contributed by atoms with Crippen LogP contribution in [0.3, 0.4) is 0 Å². The SMILES string of the molecule is CCOCCCNC(=O)CC(O)(c1nccn1C)C(F)(F)F. The zero-order valence-corrected chi connectivity index (χ0v) is 12.5. The number of aliphatic hydroxyl groups is 1. The predicted molar refractivity (Wildman–Crippen MR) is 71.9 cm³/mol. The van der Waals surface area contributed by atoms with E-state index < -0.39 is 29.9 Å². The Morgan fingerprint density at radius 3 is 2.68 bits per heavy atom. The third-order valence-electron chi connectivity index (χ3n) is 3.07. The lowest BCUT2D eigenvalue weighted by Crippen LogP contribution is -2.48. The van der Waals surface area contributed by atoms with Crippen molar-refractivity contribution in [3.8, 4) is 0 Å². The Morgan fingerprint density at radius 2 is 2.18 bits per heavy atom. The summed E-state index contributed by atoms with van der Waals surface area (Å²) in [5, 5.41) is 12.3. The van der Waals surface area contributed by atoms with Gasteiger partial charge in [0.15, 0.2) is 5.82 Å². The molecule has 0 fully saturated rings. The van der Waals surface area contributed by atoms with Gasteiger partial charge in [0.25, 0.3) is 0 Å². The summed E-state index contributed by atoms with van der Waals surface area (Å²) >= 11 is 0. The maximum Gasteiger partial charge on any atom is 0.425 e. The number of imidazole rings is 1. The minimum Gasteiger partial charge on any atom is -0.382 e. The van der Waals surface area contributed by atoms with Crippen LogP contribution in [0.25, 0.3) is 0 Å². The molecule has 1 heterocycles. The summed E-state index contributed by atoms with van der Waals surface area (Å²) in [5.41, 5.74) is -3.32. The van der Waals surface area contributed by atoms with E-state index in [0.29, 0.717) is 19.6 Å². The van der Waals surface area contributed by atoms with Crippen LogP contribution < -0.4 is 5.32 Å². The van der Waals surface area contributed by atoms with Gasteiger partial charge >= 0.3 is 6.18 Å². The van der Waals surface area contributed by atoms with Crippen LogP contribution in [-0.4, -0.2) is 46.5 Å². The van der Waals surface area contributed by atoms with Crippen molar-refractivity contribution in [2.45, 2.75) is 31.5 Å². The summed E-state index contributed by atoms with van der Waals surface area (Å²) in [4.78, 5) is 15.2. The van der Waals surface area contributed by atoms with Crippen LogP contribution in [0.4, 0.5) is 13.2 Å². The number of halogens is 3. The normalized spacial score (nSPS) is 14.6. The van der Waals surface area contributed by atoms with Gasteiger partial charge in [-0.05, 0) is 13.3 Å². The minimum absolute atomic E-state index is 0.174. The second kappa shape index (κ2) is 7.59. The Balaban J connectivity index is 2.71. The first-order valence-corrected chi connectivity index (χ1v) is 6.83. The highest BCUT2D eigenvalue weighted by molar-refractivity contribution is 5.77. The molecule has 22 heavy (non-hydrogen) atoms. The van der Waals surface area contributed by atoms with Crippen LogP contribution in [0.15, 0.2) is 12.4 Å². The highest BCUT2D eigenvalue weighted by Gasteiger charge is 2.58. The number of ether oxygens (including phenoxy) is 1. The van der Waals surface area contributed by atoms with E-state index in [0.717, 1.165) is 10.8 Å². The topological polar surface area (TPSA) is 76.4 Å². The van der Waals surface area contributed by atoms with Crippen LogP contribution >= 0.6 is 0 Å².